The number of nitrogens with zero attached hydrogens (tertiary/aromatic N) is 3. The summed E-state index contributed by atoms with van der Waals surface area (Å²) in [6.45, 7) is 1.56. The van der Waals surface area contributed by atoms with Crippen LogP contribution in [0, 0.1) is 0 Å². The van der Waals surface area contributed by atoms with Crippen molar-refractivity contribution < 1.29 is 0 Å². The van der Waals surface area contributed by atoms with E-state index in [1.165, 1.54) is 12.0 Å². The Labute approximate surface area is 113 Å². The van der Waals surface area contributed by atoms with Crippen molar-refractivity contribution in [2.45, 2.75) is 25.4 Å². The first-order valence-electron chi connectivity index (χ1n) is 6.70. The molecular weight excluding hydrogens is 236 g/mol. The second-order valence-electron chi connectivity index (χ2n) is 4.83. The van der Waals surface area contributed by atoms with Crippen molar-refractivity contribution in [3.05, 3.63) is 54.0 Å². The number of rotatable bonds is 3. The molecule has 0 aliphatic carbocycles. The van der Waals surface area contributed by atoms with Crippen LogP contribution >= 0.6 is 0 Å². The van der Waals surface area contributed by atoms with Crippen LogP contribution in [0.2, 0.25) is 0 Å². The minimum Gasteiger partial charge on any atom is -0.349 e. The Bertz CT molecular complexity index is 541. The van der Waals surface area contributed by atoms with Crippen molar-refractivity contribution >= 4 is 5.82 Å². The van der Waals surface area contributed by atoms with Crippen LogP contribution in [0.3, 0.4) is 0 Å². The quantitative estimate of drug-likeness (QED) is 0.913. The van der Waals surface area contributed by atoms with Gasteiger partial charge in [0.25, 0.3) is 0 Å². The van der Waals surface area contributed by atoms with Crippen molar-refractivity contribution in [3.8, 4) is 0 Å². The predicted octanol–water partition coefficient (Wildman–Crippen LogP) is 2.28. The van der Waals surface area contributed by atoms with Crippen molar-refractivity contribution in [3.63, 3.8) is 0 Å². The first-order chi connectivity index (χ1) is 9.40. The van der Waals surface area contributed by atoms with E-state index < -0.39 is 0 Å². The fourth-order valence-corrected chi connectivity index (χ4v) is 2.79. The standard InChI is InChI=1S/C15H18N4/c16-10-12-4-2-8-18-15(12)19-9-3-6-14(19)13-5-1-7-17-11-13/h1-2,4-5,7-8,11,14H,3,6,9-10,16H2. The number of hydrogen-bond donors (Lipinski definition) is 1. The largest absolute Gasteiger partial charge is 0.349 e. The highest BCUT2D eigenvalue weighted by Gasteiger charge is 2.28. The van der Waals surface area contributed by atoms with Crippen LogP contribution in [0.4, 0.5) is 5.82 Å². The summed E-state index contributed by atoms with van der Waals surface area (Å²) in [5.41, 5.74) is 8.19. The molecule has 0 spiro atoms. The third-order valence-electron chi connectivity index (χ3n) is 3.68. The van der Waals surface area contributed by atoms with Gasteiger partial charge in [0, 0.05) is 37.2 Å². The second-order valence-corrected chi connectivity index (χ2v) is 4.83. The average molecular weight is 254 g/mol. The summed E-state index contributed by atoms with van der Waals surface area (Å²) in [7, 11) is 0. The first-order valence-corrected chi connectivity index (χ1v) is 6.70. The Hall–Kier alpha value is -1.94. The number of nitrogens with two attached hydrogens (primary N) is 1. The molecule has 2 aromatic rings. The smallest absolute Gasteiger partial charge is 0.133 e. The average Bonchev–Trinajstić information content (AvgIpc) is 2.97. The molecule has 1 unspecified atom stereocenters. The summed E-state index contributed by atoms with van der Waals surface area (Å²) < 4.78 is 0. The van der Waals surface area contributed by atoms with Crippen molar-refractivity contribution in [2.24, 2.45) is 5.73 Å². The summed E-state index contributed by atoms with van der Waals surface area (Å²) in [6.07, 6.45) is 7.93. The molecule has 2 aromatic heterocycles. The van der Waals surface area contributed by atoms with E-state index in [1.54, 1.807) is 0 Å². The van der Waals surface area contributed by atoms with E-state index >= 15 is 0 Å². The minimum absolute atomic E-state index is 0.369. The molecule has 3 heterocycles. The number of pyridine rings is 2. The molecule has 1 aliphatic rings. The third kappa shape index (κ3) is 2.31. The maximum absolute atomic E-state index is 5.82. The van der Waals surface area contributed by atoms with Crippen LogP contribution in [0.15, 0.2) is 42.9 Å². The Morgan fingerprint density at radius 3 is 2.95 bits per heavy atom. The lowest BCUT2D eigenvalue weighted by atomic mass is 10.1. The molecule has 1 aliphatic heterocycles. The molecule has 19 heavy (non-hydrogen) atoms. The lowest BCUT2D eigenvalue weighted by molar-refractivity contribution is 0.704. The Balaban J connectivity index is 1.95. The van der Waals surface area contributed by atoms with Gasteiger partial charge in [0.05, 0.1) is 6.04 Å². The summed E-state index contributed by atoms with van der Waals surface area (Å²) in [5.74, 6) is 1.02. The maximum Gasteiger partial charge on any atom is 0.133 e. The summed E-state index contributed by atoms with van der Waals surface area (Å²) in [6, 6.07) is 8.51. The molecule has 0 aromatic carbocycles. The molecule has 4 nitrogen and oxygen atoms in total. The van der Waals surface area contributed by atoms with E-state index in [1.807, 2.05) is 30.7 Å². The van der Waals surface area contributed by atoms with Gasteiger partial charge in [-0.25, -0.2) is 4.98 Å². The fraction of sp³-hybridized carbons (Fsp3) is 0.333. The minimum atomic E-state index is 0.369. The SMILES string of the molecule is NCc1cccnc1N1CCCC1c1cccnc1. The van der Waals surface area contributed by atoms with Crippen LogP contribution in [-0.2, 0) is 6.54 Å². The fourth-order valence-electron chi connectivity index (χ4n) is 2.79. The van der Waals surface area contributed by atoms with Gasteiger partial charge in [0.2, 0.25) is 0 Å². The molecule has 1 saturated heterocycles. The van der Waals surface area contributed by atoms with Crippen molar-refractivity contribution in [1.82, 2.24) is 9.97 Å². The molecule has 4 heteroatoms. The van der Waals surface area contributed by atoms with Gasteiger partial charge in [-0.1, -0.05) is 12.1 Å². The number of anilines is 1. The van der Waals surface area contributed by atoms with Gasteiger partial charge in [-0.3, -0.25) is 4.98 Å². The van der Waals surface area contributed by atoms with Crippen LogP contribution in [0.5, 0.6) is 0 Å². The van der Waals surface area contributed by atoms with Gasteiger partial charge in [0.15, 0.2) is 0 Å². The maximum atomic E-state index is 5.82. The molecule has 0 radical (unpaired) electrons. The molecule has 1 atom stereocenters. The molecular formula is C15H18N4. The van der Waals surface area contributed by atoms with Gasteiger partial charge in [-0.15, -0.1) is 0 Å². The monoisotopic (exact) mass is 254 g/mol. The Morgan fingerprint density at radius 2 is 2.16 bits per heavy atom. The van der Waals surface area contributed by atoms with E-state index in [0.29, 0.717) is 12.6 Å². The van der Waals surface area contributed by atoms with Gasteiger partial charge >= 0.3 is 0 Å². The summed E-state index contributed by atoms with van der Waals surface area (Å²) in [4.78, 5) is 11.1. The summed E-state index contributed by atoms with van der Waals surface area (Å²) >= 11 is 0. The molecule has 0 bridgehead atoms. The molecule has 0 saturated carbocycles. The second kappa shape index (κ2) is 5.36. The Morgan fingerprint density at radius 1 is 1.26 bits per heavy atom. The van der Waals surface area contributed by atoms with E-state index in [0.717, 1.165) is 24.3 Å². The molecule has 0 amide bonds. The zero-order valence-corrected chi connectivity index (χ0v) is 10.9. The lowest BCUT2D eigenvalue weighted by Gasteiger charge is -2.27. The van der Waals surface area contributed by atoms with Gasteiger partial charge in [0.1, 0.15) is 5.82 Å². The van der Waals surface area contributed by atoms with E-state index in [4.69, 9.17) is 5.73 Å². The van der Waals surface area contributed by atoms with Gasteiger partial charge in [-0.05, 0) is 30.5 Å². The molecule has 98 valence electrons. The first kappa shape index (κ1) is 12.1. The highest BCUT2D eigenvalue weighted by Crippen LogP contribution is 2.35. The Kier molecular flexibility index (Phi) is 3.42. The third-order valence-corrected chi connectivity index (χ3v) is 3.68. The van der Waals surface area contributed by atoms with E-state index in [-0.39, 0.29) is 0 Å². The van der Waals surface area contributed by atoms with Crippen molar-refractivity contribution in [1.29, 1.82) is 0 Å². The topological polar surface area (TPSA) is 55.0 Å². The van der Waals surface area contributed by atoms with E-state index in [9.17, 15) is 0 Å². The normalized spacial score (nSPS) is 18.8. The molecule has 3 rings (SSSR count). The zero-order valence-electron chi connectivity index (χ0n) is 10.9. The van der Waals surface area contributed by atoms with Crippen LogP contribution in [-0.4, -0.2) is 16.5 Å². The summed E-state index contributed by atoms with van der Waals surface area (Å²) in [5, 5.41) is 0. The lowest BCUT2D eigenvalue weighted by Crippen LogP contribution is -2.25. The predicted molar refractivity (Wildman–Crippen MR) is 75.7 cm³/mol. The van der Waals surface area contributed by atoms with Crippen LogP contribution in [0.1, 0.15) is 30.0 Å². The van der Waals surface area contributed by atoms with Crippen LogP contribution in [0.25, 0.3) is 0 Å². The van der Waals surface area contributed by atoms with Gasteiger partial charge < -0.3 is 10.6 Å². The highest BCUT2D eigenvalue weighted by molar-refractivity contribution is 5.50. The molecule has 2 N–H and O–H groups in total. The highest BCUT2D eigenvalue weighted by atomic mass is 15.2. The number of aromatic nitrogens is 2. The molecule has 1 fully saturated rings. The van der Waals surface area contributed by atoms with Crippen LogP contribution < -0.4 is 10.6 Å². The zero-order chi connectivity index (χ0) is 13.1. The van der Waals surface area contributed by atoms with Gasteiger partial charge in [-0.2, -0.15) is 0 Å². The van der Waals surface area contributed by atoms with Crippen molar-refractivity contribution in [2.75, 3.05) is 11.4 Å². The van der Waals surface area contributed by atoms with E-state index in [2.05, 4.69) is 27.0 Å². The number of hydrogen-bond acceptors (Lipinski definition) is 4.